The average molecular weight is 788 g/mol. The summed E-state index contributed by atoms with van der Waals surface area (Å²) in [4.78, 5) is 29.2. The maximum atomic E-state index is 13.5. The van der Waals surface area contributed by atoms with Gasteiger partial charge in [-0.25, -0.2) is 9.46 Å². The minimum absolute atomic E-state index is 0.0285. The molecule has 4 aromatic rings. The molecule has 1 saturated heterocycles. The molecule has 0 bridgehead atoms. The molecule has 1 fully saturated rings. The van der Waals surface area contributed by atoms with Crippen LogP contribution in [-0.2, 0) is 28.9 Å². The van der Waals surface area contributed by atoms with Crippen molar-refractivity contribution in [2.24, 2.45) is 0 Å². The van der Waals surface area contributed by atoms with Gasteiger partial charge >= 0.3 is 5.69 Å². The highest BCUT2D eigenvalue weighted by Crippen LogP contribution is 2.49. The number of nitriles is 1. The van der Waals surface area contributed by atoms with Crippen LogP contribution in [-0.4, -0.2) is 83.1 Å². The molecule has 5 atom stereocenters. The van der Waals surface area contributed by atoms with Gasteiger partial charge in [-0.2, -0.15) is 10.2 Å². The van der Waals surface area contributed by atoms with Crippen molar-refractivity contribution < 1.29 is 37.9 Å². The number of hydrogen-bond donors (Lipinski definition) is 2. The summed E-state index contributed by atoms with van der Waals surface area (Å²) in [6.45, 7) is 9.49. The van der Waals surface area contributed by atoms with Crippen LogP contribution in [0.2, 0.25) is 0 Å². The maximum Gasteiger partial charge on any atom is 0.351 e. The van der Waals surface area contributed by atoms with Crippen molar-refractivity contribution in [3.05, 3.63) is 118 Å². The molecule has 2 N–H and O–H groups in total. The van der Waals surface area contributed by atoms with Crippen LogP contribution in [0.15, 0.2) is 95.9 Å². The van der Waals surface area contributed by atoms with Crippen LogP contribution in [0.25, 0.3) is 0 Å². The topological polar surface area (TPSA) is 167 Å². The minimum atomic E-state index is -1.71. The second-order valence-electron chi connectivity index (χ2n) is 13.7. The first-order chi connectivity index (χ1) is 26.9. The number of nitrogens with zero attached hydrogens (tertiary/aromatic N) is 4. The predicted molar refractivity (Wildman–Crippen MR) is 211 cm³/mol. The van der Waals surface area contributed by atoms with Crippen LogP contribution in [0, 0.1) is 11.3 Å². The number of anilines is 1. The average Bonchev–Trinajstić information content (AvgIpc) is 3.49. The third-order valence-electron chi connectivity index (χ3n) is 9.22. The van der Waals surface area contributed by atoms with E-state index in [-0.39, 0.29) is 37.5 Å². The van der Waals surface area contributed by atoms with E-state index in [0.29, 0.717) is 11.5 Å². The van der Waals surface area contributed by atoms with Crippen LogP contribution in [0.4, 0.5) is 5.82 Å². The first-order valence-electron chi connectivity index (χ1n) is 18.4. The predicted octanol–water partition coefficient (Wildman–Crippen LogP) is 6.15. The van der Waals surface area contributed by atoms with Crippen molar-refractivity contribution in [2.45, 2.75) is 83.3 Å². The number of ether oxygens (including phenoxy) is 4. The minimum Gasteiger partial charge on any atom is -0.497 e. The molecule has 14 nitrogen and oxygen atoms in total. The Morgan fingerprint density at radius 3 is 2.02 bits per heavy atom. The molecular formula is C41H50N5O9P. The Kier molecular flexibility index (Phi) is 14.7. The van der Waals surface area contributed by atoms with E-state index in [1.165, 1.54) is 19.2 Å². The standard InChI is InChI=1S/C41H50N5O9P/c1-27(2)46(28(3)4)56(52-25-11-23-42)53-26-35-38(37(48)39(54-35)45-24-22-36(43-29(5)47)44-40(45)49)55-41(30-12-9-8-10-13-30,31-14-18-33(50-6)19-15-31)32-16-20-34(51-7)21-17-32/h8-10,12-22,24,27-28,35,37-39,48H,11,25-26H2,1-7H3,(H,43,44,47,49)/t35-,37-,38-,39-,56?/m1/s1. The molecule has 2 heterocycles. The number of nitrogens with one attached hydrogen (secondary N) is 1. The molecule has 1 amide bonds. The normalized spacial score (nSPS) is 18.9. The number of benzene rings is 3. The van der Waals surface area contributed by atoms with Crippen molar-refractivity contribution >= 4 is 20.3 Å². The molecule has 5 rings (SSSR count). The lowest BCUT2D eigenvalue weighted by Crippen LogP contribution is -2.46. The third-order valence-corrected chi connectivity index (χ3v) is 11.3. The Bertz CT molecular complexity index is 1920. The van der Waals surface area contributed by atoms with Crippen molar-refractivity contribution in [3.63, 3.8) is 0 Å². The molecule has 56 heavy (non-hydrogen) atoms. The molecule has 0 aliphatic carbocycles. The molecule has 1 aromatic heterocycles. The van der Waals surface area contributed by atoms with Gasteiger partial charge in [0.2, 0.25) is 5.91 Å². The fourth-order valence-electron chi connectivity index (χ4n) is 6.77. The molecule has 1 unspecified atom stereocenters. The number of aliphatic hydroxyl groups is 1. The van der Waals surface area contributed by atoms with Crippen LogP contribution in [0.1, 0.15) is 64.0 Å². The summed E-state index contributed by atoms with van der Waals surface area (Å²) in [6.07, 6.45) is -3.23. The summed E-state index contributed by atoms with van der Waals surface area (Å²) in [5, 5.41) is 24.1. The number of hydrogen-bond acceptors (Lipinski definition) is 12. The number of aliphatic hydroxyl groups excluding tert-OH is 1. The lowest BCUT2D eigenvalue weighted by atomic mass is 9.79. The Hall–Kier alpha value is -4.71. The maximum absolute atomic E-state index is 13.5. The molecular weight excluding hydrogens is 737 g/mol. The first-order valence-corrected chi connectivity index (χ1v) is 19.5. The van der Waals surface area contributed by atoms with Crippen molar-refractivity contribution in [1.29, 1.82) is 5.26 Å². The van der Waals surface area contributed by atoms with Gasteiger partial charge in [-0.05, 0) is 74.7 Å². The zero-order valence-electron chi connectivity index (χ0n) is 32.7. The Morgan fingerprint density at radius 1 is 0.946 bits per heavy atom. The molecule has 298 valence electrons. The van der Waals surface area contributed by atoms with Crippen molar-refractivity contribution in [1.82, 2.24) is 14.2 Å². The summed E-state index contributed by atoms with van der Waals surface area (Å²) in [5.41, 5.74) is 0.0639. The molecule has 15 heteroatoms. The van der Waals surface area contributed by atoms with E-state index in [9.17, 15) is 20.0 Å². The van der Waals surface area contributed by atoms with E-state index in [4.69, 9.17) is 28.0 Å². The van der Waals surface area contributed by atoms with Crippen LogP contribution in [0.3, 0.4) is 0 Å². The number of carbonyl (C=O) groups excluding carboxylic acids is 1. The third kappa shape index (κ3) is 9.62. The van der Waals surface area contributed by atoms with E-state index >= 15 is 0 Å². The van der Waals surface area contributed by atoms with E-state index < -0.39 is 50.3 Å². The Balaban J connectivity index is 1.66. The Labute approximate surface area is 328 Å². The van der Waals surface area contributed by atoms with Gasteiger partial charge in [0.05, 0.1) is 39.9 Å². The quantitative estimate of drug-likeness (QED) is 0.0673. The van der Waals surface area contributed by atoms with Gasteiger partial charge in [0, 0.05) is 25.2 Å². The summed E-state index contributed by atoms with van der Waals surface area (Å²) < 4.78 is 40.9. The number of carbonyl (C=O) groups is 1. The number of aromatic nitrogens is 2. The second-order valence-corrected chi connectivity index (χ2v) is 15.1. The van der Waals surface area contributed by atoms with Crippen molar-refractivity contribution in [3.8, 4) is 17.6 Å². The van der Waals surface area contributed by atoms with Crippen LogP contribution < -0.4 is 20.5 Å². The lowest BCUT2D eigenvalue weighted by Gasteiger charge is -2.40. The highest BCUT2D eigenvalue weighted by molar-refractivity contribution is 7.44. The highest BCUT2D eigenvalue weighted by atomic mass is 31.2. The monoisotopic (exact) mass is 787 g/mol. The van der Waals surface area contributed by atoms with Gasteiger partial charge in [-0.3, -0.25) is 9.36 Å². The van der Waals surface area contributed by atoms with Crippen molar-refractivity contribution in [2.75, 3.05) is 32.8 Å². The fourth-order valence-corrected chi connectivity index (χ4v) is 8.39. The number of rotatable bonds is 18. The Morgan fingerprint density at radius 2 is 1.52 bits per heavy atom. The van der Waals surface area contributed by atoms with E-state index in [1.807, 2.05) is 107 Å². The summed E-state index contributed by atoms with van der Waals surface area (Å²) in [5.74, 6) is 0.946. The smallest absolute Gasteiger partial charge is 0.351 e. The van der Waals surface area contributed by atoms with Gasteiger partial charge in [0.1, 0.15) is 41.2 Å². The van der Waals surface area contributed by atoms with Gasteiger partial charge < -0.3 is 38.4 Å². The molecule has 0 radical (unpaired) electrons. The van der Waals surface area contributed by atoms with Crippen LogP contribution >= 0.6 is 8.53 Å². The van der Waals surface area contributed by atoms with Gasteiger partial charge in [0.25, 0.3) is 8.53 Å². The van der Waals surface area contributed by atoms with Gasteiger partial charge in [-0.15, -0.1) is 0 Å². The van der Waals surface area contributed by atoms with E-state index in [2.05, 4.69) is 21.0 Å². The van der Waals surface area contributed by atoms with Crippen LogP contribution in [0.5, 0.6) is 11.5 Å². The largest absolute Gasteiger partial charge is 0.497 e. The molecule has 1 aliphatic rings. The molecule has 3 aromatic carbocycles. The summed E-state index contributed by atoms with van der Waals surface area (Å²) in [6, 6.07) is 28.2. The van der Waals surface area contributed by atoms with Gasteiger partial charge in [-0.1, -0.05) is 54.6 Å². The second kappa shape index (κ2) is 19.4. The fraction of sp³-hybridized carbons (Fsp3) is 0.415. The number of methoxy groups -OCH3 is 2. The molecule has 0 spiro atoms. The van der Waals surface area contributed by atoms with Gasteiger partial charge in [0.15, 0.2) is 6.23 Å². The summed E-state index contributed by atoms with van der Waals surface area (Å²) >= 11 is 0. The zero-order valence-corrected chi connectivity index (χ0v) is 33.6. The van der Waals surface area contributed by atoms with E-state index in [1.54, 1.807) is 14.2 Å². The molecule has 0 saturated carbocycles. The zero-order chi connectivity index (χ0) is 40.4. The number of amides is 1. The SMILES string of the molecule is COc1ccc(C(O[C@H]2[C@@H](O)[C@H](n3ccc(NC(C)=O)nc3=O)O[C@@H]2COP(OCCC#N)N(C(C)C)C(C)C)(c2ccccc2)c2ccc(OC)cc2)cc1. The highest BCUT2D eigenvalue weighted by Gasteiger charge is 2.52. The lowest BCUT2D eigenvalue weighted by molar-refractivity contribution is -0.114. The first kappa shape index (κ1) is 42.4. The van der Waals surface area contributed by atoms with E-state index in [0.717, 1.165) is 21.3 Å². The summed E-state index contributed by atoms with van der Waals surface area (Å²) in [7, 11) is 1.47. The molecule has 1 aliphatic heterocycles.